The Kier molecular flexibility index (Phi) is 5.05. The van der Waals surface area contributed by atoms with Crippen LogP contribution in [0.2, 0.25) is 15.2 Å². The molecule has 0 fully saturated rings. The normalized spacial score (nSPS) is 10.5. The number of rotatable bonds is 0. The van der Waals surface area contributed by atoms with E-state index < -0.39 is 0 Å². The highest BCUT2D eigenvalue weighted by molar-refractivity contribution is 6.35. The van der Waals surface area contributed by atoms with Gasteiger partial charge in [0, 0.05) is 33.2 Å². The predicted octanol–water partition coefficient (Wildman–Crippen LogP) is 5.72. The largest absolute Gasteiger partial charge is 0.329 e. The van der Waals surface area contributed by atoms with Crippen LogP contribution in [0.5, 0.6) is 0 Å². The van der Waals surface area contributed by atoms with Crippen molar-refractivity contribution in [3.63, 3.8) is 0 Å². The zero-order chi connectivity index (χ0) is 17.1. The number of nitrogens with zero attached hydrogens (tertiary/aromatic N) is 1. The first-order chi connectivity index (χ1) is 11.5. The fourth-order valence-electron chi connectivity index (χ4n) is 2.28. The van der Waals surface area contributed by atoms with Gasteiger partial charge in [-0.25, -0.2) is 4.98 Å². The van der Waals surface area contributed by atoms with E-state index in [-0.39, 0.29) is 5.56 Å². The minimum absolute atomic E-state index is 0.0795. The van der Waals surface area contributed by atoms with Crippen molar-refractivity contribution in [2.45, 2.75) is 0 Å². The zero-order valence-corrected chi connectivity index (χ0v) is 14.5. The van der Waals surface area contributed by atoms with Crippen molar-refractivity contribution in [2.24, 2.45) is 0 Å². The van der Waals surface area contributed by atoms with Gasteiger partial charge in [-0.15, -0.1) is 0 Å². The summed E-state index contributed by atoms with van der Waals surface area (Å²) in [6.45, 7) is 0. The highest BCUT2D eigenvalue weighted by atomic mass is 35.5. The van der Waals surface area contributed by atoms with Crippen LogP contribution in [0.1, 0.15) is 0 Å². The van der Waals surface area contributed by atoms with E-state index in [4.69, 9.17) is 34.8 Å². The molecular formula is C18H11Cl3N2O. The van der Waals surface area contributed by atoms with Gasteiger partial charge in [-0.2, -0.15) is 0 Å². The fraction of sp³-hybridized carbons (Fsp3) is 0. The maximum absolute atomic E-state index is 11.2. The van der Waals surface area contributed by atoms with Gasteiger partial charge in [-0.1, -0.05) is 34.8 Å². The van der Waals surface area contributed by atoms with Crippen molar-refractivity contribution in [1.82, 2.24) is 9.97 Å². The standard InChI is InChI=1S/C9H5Cl2N.C9H6ClNO/c10-7-1-2-8-6(5-7)3-4-12-9(8)11;10-7-1-2-8-6(5-7)3-4-11-9(8)12/h1-5H;1-5H,(H,11,12). The lowest BCUT2D eigenvalue weighted by atomic mass is 10.2. The SMILES string of the molecule is Clc1ccc2c(Cl)nccc2c1.O=c1[nH]ccc2cc(Cl)ccc12. The molecule has 2 heterocycles. The van der Waals surface area contributed by atoms with Crippen LogP contribution in [-0.2, 0) is 0 Å². The number of hydrogen-bond acceptors (Lipinski definition) is 2. The minimum Gasteiger partial charge on any atom is -0.329 e. The number of nitrogens with one attached hydrogen (secondary N) is 1. The molecule has 6 heteroatoms. The summed E-state index contributed by atoms with van der Waals surface area (Å²) in [5.74, 6) is 0. The summed E-state index contributed by atoms with van der Waals surface area (Å²) in [6, 6.07) is 14.4. The number of hydrogen-bond donors (Lipinski definition) is 1. The third-order valence-corrected chi connectivity index (χ3v) is 4.18. The molecule has 24 heavy (non-hydrogen) atoms. The van der Waals surface area contributed by atoms with E-state index in [2.05, 4.69) is 9.97 Å². The van der Waals surface area contributed by atoms with Crippen molar-refractivity contribution in [2.75, 3.05) is 0 Å². The van der Waals surface area contributed by atoms with Crippen LogP contribution in [0, 0.1) is 0 Å². The Morgan fingerprint density at radius 1 is 0.792 bits per heavy atom. The van der Waals surface area contributed by atoms with Crippen LogP contribution in [-0.4, -0.2) is 9.97 Å². The third kappa shape index (κ3) is 3.70. The molecule has 0 aliphatic heterocycles. The first-order valence-electron chi connectivity index (χ1n) is 7.01. The summed E-state index contributed by atoms with van der Waals surface area (Å²) in [7, 11) is 0. The molecule has 0 bridgehead atoms. The van der Waals surface area contributed by atoms with Gasteiger partial charge in [0.25, 0.3) is 5.56 Å². The summed E-state index contributed by atoms with van der Waals surface area (Å²) in [4.78, 5) is 17.7. The van der Waals surface area contributed by atoms with Gasteiger partial charge >= 0.3 is 0 Å². The molecule has 0 atom stereocenters. The molecule has 4 rings (SSSR count). The molecule has 120 valence electrons. The average Bonchev–Trinajstić information content (AvgIpc) is 2.55. The quantitative estimate of drug-likeness (QED) is 0.398. The lowest BCUT2D eigenvalue weighted by molar-refractivity contribution is 1.28. The molecule has 3 nitrogen and oxygen atoms in total. The Balaban J connectivity index is 0.000000141. The molecule has 0 aliphatic carbocycles. The van der Waals surface area contributed by atoms with E-state index in [0.717, 1.165) is 16.2 Å². The fourth-order valence-corrected chi connectivity index (χ4v) is 2.86. The van der Waals surface area contributed by atoms with E-state index in [0.29, 0.717) is 20.6 Å². The Bertz CT molecular complexity index is 1080. The molecule has 2 aromatic heterocycles. The molecule has 0 amide bonds. The van der Waals surface area contributed by atoms with Crippen molar-refractivity contribution >= 4 is 56.3 Å². The summed E-state index contributed by atoms with van der Waals surface area (Å²) in [6.07, 6.45) is 3.28. The van der Waals surface area contributed by atoms with Crippen molar-refractivity contribution in [3.8, 4) is 0 Å². The van der Waals surface area contributed by atoms with Crippen molar-refractivity contribution in [3.05, 3.63) is 86.5 Å². The molecule has 0 aliphatic rings. The van der Waals surface area contributed by atoms with E-state index in [9.17, 15) is 4.79 Å². The lowest BCUT2D eigenvalue weighted by Gasteiger charge is -1.98. The molecule has 0 unspecified atom stereocenters. The average molecular weight is 378 g/mol. The molecule has 0 saturated heterocycles. The Morgan fingerprint density at radius 3 is 2.12 bits per heavy atom. The van der Waals surface area contributed by atoms with Gasteiger partial charge in [-0.3, -0.25) is 4.79 Å². The van der Waals surface area contributed by atoms with E-state index in [1.54, 1.807) is 36.7 Å². The summed E-state index contributed by atoms with van der Waals surface area (Å²) < 4.78 is 0. The number of aromatic amines is 1. The number of fused-ring (bicyclic) bond motifs is 2. The first-order valence-corrected chi connectivity index (χ1v) is 8.15. The molecule has 2 aromatic carbocycles. The van der Waals surface area contributed by atoms with Crippen LogP contribution < -0.4 is 5.56 Å². The van der Waals surface area contributed by atoms with Gasteiger partial charge in [0.05, 0.1) is 0 Å². The van der Waals surface area contributed by atoms with Gasteiger partial charge < -0.3 is 4.98 Å². The van der Waals surface area contributed by atoms with Gasteiger partial charge in [0.1, 0.15) is 5.15 Å². The maximum Gasteiger partial charge on any atom is 0.255 e. The van der Waals surface area contributed by atoms with Gasteiger partial charge in [0.15, 0.2) is 0 Å². The van der Waals surface area contributed by atoms with Crippen LogP contribution >= 0.6 is 34.8 Å². The van der Waals surface area contributed by atoms with Crippen molar-refractivity contribution in [1.29, 1.82) is 0 Å². The number of pyridine rings is 2. The topological polar surface area (TPSA) is 45.8 Å². The molecule has 0 spiro atoms. The number of H-pyrrole nitrogens is 1. The Morgan fingerprint density at radius 2 is 1.42 bits per heavy atom. The van der Waals surface area contributed by atoms with Crippen LogP contribution in [0.15, 0.2) is 65.7 Å². The van der Waals surface area contributed by atoms with Crippen molar-refractivity contribution < 1.29 is 0 Å². The van der Waals surface area contributed by atoms with Crippen LogP contribution in [0.4, 0.5) is 0 Å². The number of aromatic nitrogens is 2. The molecule has 4 aromatic rings. The van der Waals surface area contributed by atoms with Crippen LogP contribution in [0.25, 0.3) is 21.5 Å². The maximum atomic E-state index is 11.2. The smallest absolute Gasteiger partial charge is 0.255 e. The van der Waals surface area contributed by atoms with E-state index in [1.807, 2.05) is 24.3 Å². The predicted molar refractivity (Wildman–Crippen MR) is 101 cm³/mol. The molecule has 0 saturated carbocycles. The number of benzene rings is 2. The monoisotopic (exact) mass is 376 g/mol. The number of halogens is 3. The highest BCUT2D eigenvalue weighted by Gasteiger charge is 1.99. The highest BCUT2D eigenvalue weighted by Crippen LogP contribution is 2.23. The molecule has 0 radical (unpaired) electrons. The third-order valence-electron chi connectivity index (χ3n) is 3.41. The summed E-state index contributed by atoms with van der Waals surface area (Å²) in [5, 5.41) is 5.36. The van der Waals surface area contributed by atoms with E-state index >= 15 is 0 Å². The van der Waals surface area contributed by atoms with Gasteiger partial charge in [0.2, 0.25) is 0 Å². The van der Waals surface area contributed by atoms with Crippen LogP contribution in [0.3, 0.4) is 0 Å². The molecular weight excluding hydrogens is 367 g/mol. The Hall–Kier alpha value is -2.07. The lowest BCUT2D eigenvalue weighted by Crippen LogP contribution is -2.03. The molecule has 1 N–H and O–H groups in total. The minimum atomic E-state index is -0.0795. The Labute approximate surface area is 152 Å². The second kappa shape index (κ2) is 7.22. The van der Waals surface area contributed by atoms with E-state index in [1.165, 1.54) is 0 Å². The zero-order valence-electron chi connectivity index (χ0n) is 12.3. The van der Waals surface area contributed by atoms with Gasteiger partial charge in [-0.05, 0) is 59.3 Å². The second-order valence-electron chi connectivity index (χ2n) is 5.01. The summed E-state index contributed by atoms with van der Waals surface area (Å²) >= 11 is 17.4. The summed E-state index contributed by atoms with van der Waals surface area (Å²) in [5.41, 5.74) is -0.0795. The second-order valence-corrected chi connectivity index (χ2v) is 6.24. The first kappa shape index (κ1) is 16.8.